The summed E-state index contributed by atoms with van der Waals surface area (Å²) in [7, 11) is 0. The fourth-order valence-electron chi connectivity index (χ4n) is 2.49. The van der Waals surface area contributed by atoms with Crippen molar-refractivity contribution in [1.29, 1.82) is 5.26 Å². The number of carbonyl (C=O) groups is 1. The first-order valence-corrected chi connectivity index (χ1v) is 10.3. The molecule has 0 aliphatic heterocycles. The quantitative estimate of drug-likeness (QED) is 0.604. The van der Waals surface area contributed by atoms with Crippen LogP contribution in [0.2, 0.25) is 0 Å². The van der Waals surface area contributed by atoms with Gasteiger partial charge >= 0.3 is 0 Å². The van der Waals surface area contributed by atoms with Crippen LogP contribution in [-0.4, -0.2) is 33.4 Å². The minimum Gasteiger partial charge on any atom is -0.311 e. The molecule has 3 aromatic rings. The zero-order chi connectivity index (χ0) is 19.2. The third kappa shape index (κ3) is 4.76. The average Bonchev–Trinajstić information content (AvgIpc) is 3.34. The van der Waals surface area contributed by atoms with E-state index in [0.717, 1.165) is 16.1 Å². The number of H-pyrrole nitrogens is 1. The van der Waals surface area contributed by atoms with Crippen molar-refractivity contribution in [3.05, 3.63) is 46.8 Å². The number of aryl methyl sites for hydroxylation is 2. The van der Waals surface area contributed by atoms with Crippen molar-refractivity contribution < 1.29 is 4.79 Å². The summed E-state index contributed by atoms with van der Waals surface area (Å²) < 4.78 is 0. The highest BCUT2D eigenvalue weighted by Crippen LogP contribution is 2.24. The Morgan fingerprint density at radius 2 is 2.19 bits per heavy atom. The molecule has 6 nitrogen and oxygen atoms in total. The second-order valence-electron chi connectivity index (χ2n) is 5.95. The number of carbonyl (C=O) groups excluding carboxylic acids is 1. The molecular weight excluding hydrogens is 378 g/mol. The van der Waals surface area contributed by atoms with Crippen LogP contribution in [0.4, 0.5) is 5.69 Å². The molecule has 8 heteroatoms. The van der Waals surface area contributed by atoms with E-state index in [1.807, 2.05) is 49.6 Å². The van der Waals surface area contributed by atoms with E-state index in [9.17, 15) is 4.79 Å². The maximum absolute atomic E-state index is 12.8. The highest BCUT2D eigenvalue weighted by Gasteiger charge is 2.18. The van der Waals surface area contributed by atoms with E-state index in [-0.39, 0.29) is 18.1 Å². The first-order valence-electron chi connectivity index (χ1n) is 8.42. The molecule has 0 bridgehead atoms. The van der Waals surface area contributed by atoms with Gasteiger partial charge in [-0.3, -0.25) is 9.89 Å². The number of aromatic amines is 1. The topological polar surface area (TPSA) is 85.7 Å². The first-order chi connectivity index (χ1) is 13.1. The third-order valence-electron chi connectivity index (χ3n) is 4.09. The van der Waals surface area contributed by atoms with Crippen LogP contribution in [0.15, 0.2) is 40.9 Å². The lowest BCUT2D eigenvalue weighted by Crippen LogP contribution is -2.33. The molecule has 3 rings (SSSR count). The van der Waals surface area contributed by atoms with Gasteiger partial charge < -0.3 is 4.90 Å². The summed E-state index contributed by atoms with van der Waals surface area (Å²) in [4.78, 5) is 19.9. The van der Waals surface area contributed by atoms with E-state index in [1.54, 1.807) is 16.2 Å². The Morgan fingerprint density at radius 1 is 1.33 bits per heavy atom. The van der Waals surface area contributed by atoms with Gasteiger partial charge in [0.25, 0.3) is 0 Å². The monoisotopic (exact) mass is 397 g/mol. The Hall–Kier alpha value is -2.63. The molecule has 0 fully saturated rings. The average molecular weight is 398 g/mol. The number of hydrogen-bond donors (Lipinski definition) is 1. The molecule has 1 N–H and O–H groups in total. The number of benzene rings is 1. The standard InChI is InChI=1S/C19H19N5OS2/c1-13-6-7-15(11-14(13)2)24(9-4-8-20)17(25)12-27-19-21-18(22-23-19)16-5-3-10-26-16/h3,5-7,10-11H,4,9,12H2,1-2H3,(H,21,22,23). The summed E-state index contributed by atoms with van der Waals surface area (Å²) >= 11 is 2.87. The van der Waals surface area contributed by atoms with Gasteiger partial charge in [-0.1, -0.05) is 23.9 Å². The molecule has 0 aliphatic rings. The number of hydrogen-bond acceptors (Lipinski definition) is 6. The van der Waals surface area contributed by atoms with E-state index in [2.05, 4.69) is 21.3 Å². The Labute approximate surface area is 166 Å². The van der Waals surface area contributed by atoms with Crippen molar-refractivity contribution in [3.63, 3.8) is 0 Å². The number of nitriles is 1. The molecule has 0 unspecified atom stereocenters. The molecule has 0 spiro atoms. The molecule has 2 aromatic heterocycles. The summed E-state index contributed by atoms with van der Waals surface area (Å²) in [5, 5.41) is 18.5. The second kappa shape index (κ2) is 8.84. The number of thiophene rings is 1. The number of nitrogens with one attached hydrogen (secondary N) is 1. The molecular formula is C19H19N5OS2. The second-order valence-corrected chi connectivity index (χ2v) is 7.84. The molecule has 0 saturated heterocycles. The summed E-state index contributed by atoms with van der Waals surface area (Å²) in [6.07, 6.45) is 0.284. The van der Waals surface area contributed by atoms with Gasteiger partial charge in [-0.05, 0) is 48.6 Å². The number of anilines is 1. The van der Waals surface area contributed by atoms with Crippen LogP contribution in [0.3, 0.4) is 0 Å². The normalized spacial score (nSPS) is 10.6. The van der Waals surface area contributed by atoms with Crippen molar-refractivity contribution in [2.75, 3.05) is 17.2 Å². The van der Waals surface area contributed by atoms with E-state index < -0.39 is 0 Å². The first kappa shape index (κ1) is 19.1. The fraction of sp³-hybridized carbons (Fsp3) is 0.263. The minimum absolute atomic E-state index is 0.0685. The van der Waals surface area contributed by atoms with E-state index in [0.29, 0.717) is 17.5 Å². The number of thioether (sulfide) groups is 1. The van der Waals surface area contributed by atoms with Crippen LogP contribution in [0.5, 0.6) is 0 Å². The lowest BCUT2D eigenvalue weighted by molar-refractivity contribution is -0.116. The minimum atomic E-state index is -0.0685. The highest BCUT2D eigenvalue weighted by molar-refractivity contribution is 7.99. The number of aromatic nitrogens is 3. The molecule has 0 atom stereocenters. The summed E-state index contributed by atoms with van der Waals surface area (Å²) in [5.41, 5.74) is 3.10. The van der Waals surface area contributed by atoms with Crippen molar-refractivity contribution in [2.24, 2.45) is 0 Å². The molecule has 27 heavy (non-hydrogen) atoms. The van der Waals surface area contributed by atoms with Crippen molar-refractivity contribution in [2.45, 2.75) is 25.4 Å². The molecule has 1 aromatic carbocycles. The van der Waals surface area contributed by atoms with Crippen molar-refractivity contribution in [1.82, 2.24) is 15.2 Å². The van der Waals surface area contributed by atoms with Gasteiger partial charge in [0.05, 0.1) is 23.1 Å². The molecule has 0 aliphatic carbocycles. The van der Waals surface area contributed by atoms with Gasteiger partial charge in [0.1, 0.15) is 0 Å². The molecule has 1 amide bonds. The lowest BCUT2D eigenvalue weighted by atomic mass is 10.1. The van der Waals surface area contributed by atoms with E-state index in [1.165, 1.54) is 17.3 Å². The molecule has 0 saturated carbocycles. The van der Waals surface area contributed by atoms with Gasteiger partial charge in [0.15, 0.2) is 5.82 Å². The van der Waals surface area contributed by atoms with Crippen LogP contribution in [-0.2, 0) is 4.79 Å². The Morgan fingerprint density at radius 3 is 2.89 bits per heavy atom. The van der Waals surface area contributed by atoms with E-state index in [4.69, 9.17) is 5.26 Å². The van der Waals surface area contributed by atoms with Crippen LogP contribution < -0.4 is 4.90 Å². The molecule has 138 valence electrons. The zero-order valence-corrected chi connectivity index (χ0v) is 16.7. The fourth-order valence-corrected chi connectivity index (χ4v) is 3.83. The summed E-state index contributed by atoms with van der Waals surface area (Å²) in [5.74, 6) is 0.844. The zero-order valence-electron chi connectivity index (χ0n) is 15.1. The predicted octanol–water partition coefficient (Wildman–Crippen LogP) is 4.19. The third-order valence-corrected chi connectivity index (χ3v) is 5.80. The highest BCUT2D eigenvalue weighted by atomic mass is 32.2. The summed E-state index contributed by atoms with van der Waals surface area (Å²) in [6, 6.07) is 11.9. The van der Waals surface area contributed by atoms with Gasteiger partial charge in [-0.25, -0.2) is 4.98 Å². The maximum Gasteiger partial charge on any atom is 0.237 e. The lowest BCUT2D eigenvalue weighted by Gasteiger charge is -2.22. The van der Waals surface area contributed by atoms with Gasteiger partial charge in [-0.2, -0.15) is 5.26 Å². The Bertz CT molecular complexity index is 959. The van der Waals surface area contributed by atoms with Crippen LogP contribution in [0, 0.1) is 25.2 Å². The van der Waals surface area contributed by atoms with Gasteiger partial charge in [-0.15, -0.1) is 16.4 Å². The van der Waals surface area contributed by atoms with Gasteiger partial charge in [0, 0.05) is 12.2 Å². The van der Waals surface area contributed by atoms with Crippen LogP contribution >= 0.6 is 23.1 Å². The molecule has 2 heterocycles. The van der Waals surface area contributed by atoms with Crippen molar-refractivity contribution >= 4 is 34.7 Å². The van der Waals surface area contributed by atoms with E-state index >= 15 is 0 Å². The van der Waals surface area contributed by atoms with Crippen LogP contribution in [0.25, 0.3) is 10.7 Å². The maximum atomic E-state index is 12.8. The van der Waals surface area contributed by atoms with Gasteiger partial charge in [0.2, 0.25) is 11.1 Å². The SMILES string of the molecule is Cc1ccc(N(CCC#N)C(=O)CSc2n[nH]c(-c3cccs3)n2)cc1C. The smallest absolute Gasteiger partial charge is 0.237 e. The number of nitrogens with zero attached hydrogens (tertiary/aromatic N) is 4. The molecule has 0 radical (unpaired) electrons. The Kier molecular flexibility index (Phi) is 6.27. The largest absolute Gasteiger partial charge is 0.311 e. The van der Waals surface area contributed by atoms with Crippen molar-refractivity contribution in [3.8, 4) is 16.8 Å². The number of rotatable bonds is 7. The van der Waals surface area contributed by atoms with Crippen LogP contribution in [0.1, 0.15) is 17.5 Å². The summed E-state index contributed by atoms with van der Waals surface area (Å²) in [6.45, 7) is 4.41. The Balaban J connectivity index is 1.69. The predicted molar refractivity (Wildman–Crippen MR) is 109 cm³/mol. The number of amides is 1.